The van der Waals surface area contributed by atoms with E-state index in [1.165, 1.54) is 18.0 Å². The summed E-state index contributed by atoms with van der Waals surface area (Å²) in [6, 6.07) is 8.21. The molecule has 0 spiro atoms. The highest BCUT2D eigenvalue weighted by molar-refractivity contribution is 5.91. The van der Waals surface area contributed by atoms with Crippen molar-refractivity contribution in [2.45, 2.75) is 39.1 Å². The van der Waals surface area contributed by atoms with Crippen LogP contribution in [0.25, 0.3) is 0 Å². The Bertz CT molecular complexity index is 698. The summed E-state index contributed by atoms with van der Waals surface area (Å²) in [6.45, 7) is 7.39. The number of nitrogens with zero attached hydrogens (tertiary/aromatic N) is 3. The van der Waals surface area contributed by atoms with Gasteiger partial charge in [-0.15, -0.1) is 0 Å². The smallest absolute Gasteiger partial charge is 0.271 e. The van der Waals surface area contributed by atoms with E-state index in [-0.39, 0.29) is 18.1 Å². The third kappa shape index (κ3) is 4.84. The lowest BCUT2D eigenvalue weighted by Gasteiger charge is -2.35. The molecule has 2 aromatic rings. The maximum atomic E-state index is 12.2. The predicted molar refractivity (Wildman–Crippen MR) is 94.9 cm³/mol. The first-order valence-electron chi connectivity index (χ1n) is 8.60. The zero-order valence-corrected chi connectivity index (χ0v) is 14.7. The Hall–Kier alpha value is -2.31. The van der Waals surface area contributed by atoms with Gasteiger partial charge in [-0.25, -0.2) is 4.98 Å². The highest BCUT2D eigenvalue weighted by Gasteiger charge is 2.22. The van der Waals surface area contributed by atoms with E-state index in [9.17, 15) is 4.79 Å². The van der Waals surface area contributed by atoms with Crippen LogP contribution < -0.4 is 5.32 Å². The van der Waals surface area contributed by atoms with Crippen LogP contribution in [0.5, 0.6) is 0 Å². The van der Waals surface area contributed by atoms with Gasteiger partial charge in [0, 0.05) is 38.6 Å². The van der Waals surface area contributed by atoms with Gasteiger partial charge in [-0.2, -0.15) is 0 Å². The molecule has 6 heteroatoms. The standard InChI is InChI=1S/C19H24N4O2/c1-14-11-23(12-15(2)25-14)13-17-6-4-3-5-16(17)9-22-19(24)18-10-20-7-8-21-18/h3-8,10,14-15H,9,11-13H2,1-2H3,(H,22,24). The Morgan fingerprint density at radius 1 is 1.20 bits per heavy atom. The third-order valence-electron chi connectivity index (χ3n) is 4.24. The molecule has 0 bridgehead atoms. The molecule has 0 radical (unpaired) electrons. The number of benzene rings is 1. The first-order chi connectivity index (χ1) is 12.1. The maximum absolute atomic E-state index is 12.2. The van der Waals surface area contributed by atoms with E-state index in [1.807, 2.05) is 12.1 Å². The highest BCUT2D eigenvalue weighted by atomic mass is 16.5. The van der Waals surface area contributed by atoms with Crippen LogP contribution in [0.2, 0.25) is 0 Å². The molecule has 2 unspecified atom stereocenters. The van der Waals surface area contributed by atoms with Crippen molar-refractivity contribution < 1.29 is 9.53 Å². The van der Waals surface area contributed by atoms with Gasteiger partial charge in [0.1, 0.15) is 5.69 Å². The second-order valence-corrected chi connectivity index (χ2v) is 6.49. The Kier molecular flexibility index (Phi) is 5.73. The molecule has 1 aliphatic rings. The molecule has 25 heavy (non-hydrogen) atoms. The van der Waals surface area contributed by atoms with E-state index in [0.29, 0.717) is 12.2 Å². The summed E-state index contributed by atoms with van der Waals surface area (Å²) in [5.41, 5.74) is 2.67. The fourth-order valence-corrected chi connectivity index (χ4v) is 3.22. The predicted octanol–water partition coefficient (Wildman–Crippen LogP) is 2.02. The molecule has 1 aliphatic heterocycles. The summed E-state index contributed by atoms with van der Waals surface area (Å²) < 4.78 is 5.80. The van der Waals surface area contributed by atoms with Gasteiger partial charge >= 0.3 is 0 Å². The summed E-state index contributed by atoms with van der Waals surface area (Å²) in [7, 11) is 0. The number of amides is 1. The van der Waals surface area contributed by atoms with Crippen molar-refractivity contribution in [2.24, 2.45) is 0 Å². The molecule has 0 saturated carbocycles. The molecule has 0 aliphatic carbocycles. The lowest BCUT2D eigenvalue weighted by Crippen LogP contribution is -2.45. The van der Waals surface area contributed by atoms with Crippen molar-refractivity contribution >= 4 is 5.91 Å². The topological polar surface area (TPSA) is 67.4 Å². The van der Waals surface area contributed by atoms with E-state index in [0.717, 1.165) is 25.2 Å². The van der Waals surface area contributed by atoms with Crippen molar-refractivity contribution in [3.63, 3.8) is 0 Å². The third-order valence-corrected chi connectivity index (χ3v) is 4.24. The molecule has 132 valence electrons. The molecule has 1 saturated heterocycles. The number of carbonyl (C=O) groups is 1. The zero-order valence-electron chi connectivity index (χ0n) is 14.7. The Morgan fingerprint density at radius 2 is 1.92 bits per heavy atom. The summed E-state index contributed by atoms with van der Waals surface area (Å²) in [6.07, 6.45) is 5.03. The van der Waals surface area contributed by atoms with E-state index in [1.54, 1.807) is 6.20 Å². The highest BCUT2D eigenvalue weighted by Crippen LogP contribution is 2.17. The summed E-state index contributed by atoms with van der Waals surface area (Å²) in [5, 5.41) is 2.93. The quantitative estimate of drug-likeness (QED) is 0.902. The first-order valence-corrected chi connectivity index (χ1v) is 8.60. The number of hydrogen-bond acceptors (Lipinski definition) is 5. The van der Waals surface area contributed by atoms with Gasteiger partial charge in [0.15, 0.2) is 0 Å². The molecule has 1 aromatic carbocycles. The number of hydrogen-bond donors (Lipinski definition) is 1. The van der Waals surface area contributed by atoms with Gasteiger partial charge in [-0.05, 0) is 25.0 Å². The van der Waals surface area contributed by atoms with E-state index in [2.05, 4.69) is 46.2 Å². The monoisotopic (exact) mass is 340 g/mol. The fraction of sp³-hybridized carbons (Fsp3) is 0.421. The molecule has 1 N–H and O–H groups in total. The molecule has 2 atom stereocenters. The second-order valence-electron chi connectivity index (χ2n) is 6.49. The summed E-state index contributed by atoms with van der Waals surface area (Å²) in [4.78, 5) is 22.5. The van der Waals surface area contributed by atoms with Gasteiger partial charge in [0.05, 0.1) is 18.4 Å². The van der Waals surface area contributed by atoms with Gasteiger partial charge in [0.2, 0.25) is 0 Å². The van der Waals surface area contributed by atoms with E-state index in [4.69, 9.17) is 4.74 Å². The van der Waals surface area contributed by atoms with Gasteiger partial charge in [0.25, 0.3) is 5.91 Å². The van der Waals surface area contributed by atoms with Crippen molar-refractivity contribution in [3.05, 3.63) is 59.7 Å². The van der Waals surface area contributed by atoms with Gasteiger partial charge in [-0.3, -0.25) is 14.7 Å². The molecular formula is C19H24N4O2. The zero-order chi connectivity index (χ0) is 17.6. The largest absolute Gasteiger partial charge is 0.373 e. The molecule has 3 rings (SSSR count). The number of rotatable bonds is 5. The lowest BCUT2D eigenvalue weighted by molar-refractivity contribution is -0.0705. The van der Waals surface area contributed by atoms with E-state index >= 15 is 0 Å². The number of ether oxygens (including phenoxy) is 1. The minimum absolute atomic E-state index is 0.212. The van der Waals surface area contributed by atoms with Crippen LogP contribution in [0.4, 0.5) is 0 Å². The molecule has 1 fully saturated rings. The maximum Gasteiger partial charge on any atom is 0.271 e. The van der Waals surface area contributed by atoms with Crippen LogP contribution in [-0.2, 0) is 17.8 Å². The van der Waals surface area contributed by atoms with Gasteiger partial charge in [-0.1, -0.05) is 24.3 Å². The Morgan fingerprint density at radius 3 is 2.60 bits per heavy atom. The molecular weight excluding hydrogens is 316 g/mol. The molecule has 2 heterocycles. The van der Waals surface area contributed by atoms with Gasteiger partial charge < -0.3 is 10.1 Å². The second kappa shape index (κ2) is 8.18. The van der Waals surface area contributed by atoms with Crippen molar-refractivity contribution in [1.82, 2.24) is 20.2 Å². The van der Waals surface area contributed by atoms with Crippen LogP contribution in [0, 0.1) is 0 Å². The molecule has 1 aromatic heterocycles. The number of aromatic nitrogens is 2. The van der Waals surface area contributed by atoms with Crippen LogP contribution >= 0.6 is 0 Å². The number of nitrogens with one attached hydrogen (secondary N) is 1. The fourth-order valence-electron chi connectivity index (χ4n) is 3.22. The Labute approximate surface area is 148 Å². The summed E-state index contributed by atoms with van der Waals surface area (Å²) >= 11 is 0. The average molecular weight is 340 g/mol. The number of morpholine rings is 1. The minimum atomic E-state index is -0.212. The van der Waals surface area contributed by atoms with Crippen molar-refractivity contribution in [1.29, 1.82) is 0 Å². The normalized spacial score (nSPS) is 21.0. The summed E-state index contributed by atoms with van der Waals surface area (Å²) in [5.74, 6) is -0.212. The SMILES string of the molecule is CC1CN(Cc2ccccc2CNC(=O)c2cnccn2)CC(C)O1. The average Bonchev–Trinajstić information content (AvgIpc) is 2.60. The Balaban J connectivity index is 1.64. The van der Waals surface area contributed by atoms with Crippen LogP contribution in [0.15, 0.2) is 42.9 Å². The minimum Gasteiger partial charge on any atom is -0.373 e. The van der Waals surface area contributed by atoms with Crippen LogP contribution in [0.3, 0.4) is 0 Å². The van der Waals surface area contributed by atoms with E-state index < -0.39 is 0 Å². The van der Waals surface area contributed by atoms with Crippen LogP contribution in [0.1, 0.15) is 35.5 Å². The molecule has 1 amide bonds. The molecule has 6 nitrogen and oxygen atoms in total. The van der Waals surface area contributed by atoms with Crippen molar-refractivity contribution in [3.8, 4) is 0 Å². The van der Waals surface area contributed by atoms with Crippen LogP contribution in [-0.4, -0.2) is 46.1 Å². The van der Waals surface area contributed by atoms with Crippen molar-refractivity contribution in [2.75, 3.05) is 13.1 Å². The number of carbonyl (C=O) groups excluding carboxylic acids is 1. The first kappa shape index (κ1) is 17.5. The lowest BCUT2D eigenvalue weighted by atomic mass is 10.1.